The zero-order valence-corrected chi connectivity index (χ0v) is 10.6. The summed E-state index contributed by atoms with van der Waals surface area (Å²) in [6, 6.07) is 1.67. The van der Waals surface area contributed by atoms with Crippen LogP contribution in [0.4, 0.5) is 10.5 Å². The second kappa shape index (κ2) is 3.87. The van der Waals surface area contributed by atoms with Gasteiger partial charge in [0.1, 0.15) is 12.3 Å². The first kappa shape index (κ1) is 10.8. The van der Waals surface area contributed by atoms with Crippen LogP contribution in [-0.4, -0.2) is 28.8 Å². The largest absolute Gasteiger partial charge is 0.474 e. The third-order valence-electron chi connectivity index (χ3n) is 3.15. The summed E-state index contributed by atoms with van der Waals surface area (Å²) in [7, 11) is 0. The van der Waals surface area contributed by atoms with Crippen LogP contribution < -0.4 is 9.64 Å². The lowest BCUT2D eigenvalue weighted by atomic mass is 10.1. The molecule has 1 atom stereocenters. The zero-order chi connectivity index (χ0) is 12.0. The minimum Gasteiger partial charge on any atom is -0.474 e. The predicted octanol–water partition coefficient (Wildman–Crippen LogP) is 2.50. The summed E-state index contributed by atoms with van der Waals surface area (Å²) in [6.45, 7) is 0.401. The van der Waals surface area contributed by atoms with Gasteiger partial charge in [0.05, 0.1) is 6.04 Å². The summed E-state index contributed by atoms with van der Waals surface area (Å²) in [4.78, 5) is 16.9. The highest BCUT2D eigenvalue weighted by molar-refractivity contribution is 9.10. The number of amides is 1. The summed E-state index contributed by atoms with van der Waals surface area (Å²) in [5, 5.41) is 9.35. The SMILES string of the molecule is O=C(O)N1c2cc(Br)cnc2OC[C@@H]1C1CC1. The minimum atomic E-state index is -0.939. The molecule has 0 spiro atoms. The van der Waals surface area contributed by atoms with Gasteiger partial charge in [-0.15, -0.1) is 0 Å². The first-order valence-electron chi connectivity index (χ1n) is 5.47. The van der Waals surface area contributed by atoms with E-state index in [1.807, 2.05) is 0 Å². The molecule has 1 aromatic heterocycles. The third-order valence-corrected chi connectivity index (χ3v) is 3.59. The van der Waals surface area contributed by atoms with Gasteiger partial charge in [0, 0.05) is 10.7 Å². The van der Waals surface area contributed by atoms with Crippen molar-refractivity contribution in [3.63, 3.8) is 0 Å². The van der Waals surface area contributed by atoms with E-state index in [1.165, 1.54) is 4.90 Å². The van der Waals surface area contributed by atoms with Crippen LogP contribution in [0.1, 0.15) is 12.8 Å². The molecule has 3 rings (SSSR count). The van der Waals surface area contributed by atoms with E-state index in [1.54, 1.807) is 12.3 Å². The summed E-state index contributed by atoms with van der Waals surface area (Å²) in [5.74, 6) is 0.825. The van der Waals surface area contributed by atoms with Gasteiger partial charge in [-0.05, 0) is 40.8 Å². The smallest absolute Gasteiger partial charge is 0.412 e. The number of rotatable bonds is 1. The Morgan fingerprint density at radius 2 is 2.35 bits per heavy atom. The monoisotopic (exact) mass is 298 g/mol. The molecule has 1 aromatic rings. The molecule has 5 nitrogen and oxygen atoms in total. The fourth-order valence-electron chi connectivity index (χ4n) is 2.19. The Balaban J connectivity index is 2.04. The minimum absolute atomic E-state index is 0.0731. The number of halogens is 1. The van der Waals surface area contributed by atoms with Crippen molar-refractivity contribution in [2.24, 2.45) is 5.92 Å². The first-order valence-corrected chi connectivity index (χ1v) is 6.26. The third kappa shape index (κ3) is 1.86. The molecule has 1 saturated carbocycles. The van der Waals surface area contributed by atoms with Gasteiger partial charge in [0.2, 0.25) is 5.88 Å². The quantitative estimate of drug-likeness (QED) is 0.865. The topological polar surface area (TPSA) is 62.7 Å². The number of hydrogen-bond donors (Lipinski definition) is 1. The molecule has 1 aliphatic heterocycles. The fraction of sp³-hybridized carbons (Fsp3) is 0.455. The van der Waals surface area contributed by atoms with Crippen LogP contribution in [0.25, 0.3) is 0 Å². The molecule has 1 fully saturated rings. The molecule has 2 heterocycles. The summed E-state index contributed by atoms with van der Waals surface area (Å²) < 4.78 is 6.29. The van der Waals surface area contributed by atoms with Crippen LogP contribution in [0.3, 0.4) is 0 Å². The van der Waals surface area contributed by atoms with Crippen molar-refractivity contribution in [1.82, 2.24) is 4.98 Å². The summed E-state index contributed by atoms with van der Waals surface area (Å²) >= 11 is 3.30. The molecule has 0 unspecified atom stereocenters. The van der Waals surface area contributed by atoms with Crippen LogP contribution in [0.15, 0.2) is 16.7 Å². The van der Waals surface area contributed by atoms with Gasteiger partial charge in [-0.1, -0.05) is 0 Å². The molecule has 0 aromatic carbocycles. The number of fused-ring (bicyclic) bond motifs is 1. The highest BCUT2D eigenvalue weighted by Gasteiger charge is 2.42. The van der Waals surface area contributed by atoms with Gasteiger partial charge in [-0.2, -0.15) is 0 Å². The summed E-state index contributed by atoms with van der Waals surface area (Å²) in [6.07, 6.45) is 2.82. The van der Waals surface area contributed by atoms with Gasteiger partial charge in [0.25, 0.3) is 0 Å². The second-order valence-corrected chi connectivity index (χ2v) is 5.26. The molecular formula is C11H11BrN2O3. The number of hydrogen-bond acceptors (Lipinski definition) is 3. The lowest BCUT2D eigenvalue weighted by molar-refractivity contribution is 0.182. The van der Waals surface area contributed by atoms with E-state index in [4.69, 9.17) is 4.74 Å². The van der Waals surface area contributed by atoms with Crippen LogP contribution >= 0.6 is 15.9 Å². The Kier molecular flexibility index (Phi) is 2.47. The molecule has 17 heavy (non-hydrogen) atoms. The van der Waals surface area contributed by atoms with Crippen LogP contribution in [0.5, 0.6) is 5.88 Å². The maximum atomic E-state index is 11.4. The normalized spacial score (nSPS) is 22.9. The van der Waals surface area contributed by atoms with Gasteiger partial charge in [-0.25, -0.2) is 9.78 Å². The molecule has 90 valence electrons. The van der Waals surface area contributed by atoms with Crippen molar-refractivity contribution < 1.29 is 14.6 Å². The van der Waals surface area contributed by atoms with Crippen molar-refractivity contribution in [3.8, 4) is 5.88 Å². The lowest BCUT2D eigenvalue weighted by Crippen LogP contribution is -2.47. The Bertz CT molecular complexity index is 476. The maximum Gasteiger partial charge on any atom is 0.412 e. The highest BCUT2D eigenvalue weighted by atomic mass is 79.9. The zero-order valence-electron chi connectivity index (χ0n) is 8.97. The van der Waals surface area contributed by atoms with Gasteiger partial charge in [0.15, 0.2) is 0 Å². The van der Waals surface area contributed by atoms with Crippen LogP contribution in [0, 0.1) is 5.92 Å². The van der Waals surface area contributed by atoms with Gasteiger partial charge >= 0.3 is 6.09 Å². The molecule has 0 saturated heterocycles. The Morgan fingerprint density at radius 3 is 3.00 bits per heavy atom. The van der Waals surface area contributed by atoms with E-state index in [0.29, 0.717) is 24.1 Å². The number of carbonyl (C=O) groups is 1. The number of ether oxygens (including phenoxy) is 1. The average molecular weight is 299 g/mol. The highest BCUT2D eigenvalue weighted by Crippen LogP contribution is 2.42. The van der Waals surface area contributed by atoms with Gasteiger partial charge in [-0.3, -0.25) is 4.90 Å². The van der Waals surface area contributed by atoms with E-state index in [2.05, 4.69) is 20.9 Å². The van der Waals surface area contributed by atoms with Crippen molar-refractivity contribution in [1.29, 1.82) is 0 Å². The standard InChI is InChI=1S/C11H11BrN2O3/c12-7-3-8-10(13-4-7)17-5-9(6-1-2-6)14(8)11(15)16/h3-4,6,9H,1-2,5H2,(H,15,16)/t9-/m1/s1. The van der Waals surface area contributed by atoms with E-state index in [0.717, 1.165) is 17.3 Å². The number of anilines is 1. The van der Waals surface area contributed by atoms with Crippen molar-refractivity contribution >= 4 is 27.7 Å². The average Bonchev–Trinajstić information content (AvgIpc) is 3.10. The molecule has 0 radical (unpaired) electrons. The van der Waals surface area contributed by atoms with E-state index in [9.17, 15) is 9.90 Å². The molecule has 1 aliphatic carbocycles. The number of pyridine rings is 1. The molecule has 1 amide bonds. The Hall–Kier alpha value is -1.30. The van der Waals surface area contributed by atoms with Crippen molar-refractivity contribution in [3.05, 3.63) is 16.7 Å². The van der Waals surface area contributed by atoms with E-state index in [-0.39, 0.29) is 6.04 Å². The van der Waals surface area contributed by atoms with Crippen molar-refractivity contribution in [2.75, 3.05) is 11.5 Å². The summed E-state index contributed by atoms with van der Waals surface area (Å²) in [5.41, 5.74) is 0.537. The van der Waals surface area contributed by atoms with Gasteiger partial charge < -0.3 is 9.84 Å². The molecule has 2 aliphatic rings. The number of nitrogens with zero attached hydrogens (tertiary/aromatic N) is 2. The second-order valence-electron chi connectivity index (χ2n) is 4.35. The van der Waals surface area contributed by atoms with Crippen molar-refractivity contribution in [2.45, 2.75) is 18.9 Å². The number of aromatic nitrogens is 1. The Morgan fingerprint density at radius 1 is 1.59 bits per heavy atom. The molecule has 6 heteroatoms. The van der Waals surface area contributed by atoms with E-state index >= 15 is 0 Å². The molecule has 1 N–H and O–H groups in total. The maximum absolute atomic E-state index is 11.4. The predicted molar refractivity (Wildman–Crippen MR) is 64.4 cm³/mol. The molecular weight excluding hydrogens is 288 g/mol. The fourth-order valence-corrected chi connectivity index (χ4v) is 2.51. The van der Waals surface area contributed by atoms with Crippen LogP contribution in [-0.2, 0) is 0 Å². The first-order chi connectivity index (χ1) is 8.16. The Labute approximate surface area is 107 Å². The number of carboxylic acid groups (broad SMARTS) is 1. The van der Waals surface area contributed by atoms with Crippen LogP contribution in [0.2, 0.25) is 0 Å². The van der Waals surface area contributed by atoms with E-state index < -0.39 is 6.09 Å². The molecule has 0 bridgehead atoms. The lowest BCUT2D eigenvalue weighted by Gasteiger charge is -2.34.